The van der Waals surface area contributed by atoms with Gasteiger partial charge in [-0.1, -0.05) is 6.92 Å². The summed E-state index contributed by atoms with van der Waals surface area (Å²) in [7, 11) is -3.47. The van der Waals surface area contributed by atoms with Crippen LogP contribution in [-0.2, 0) is 10.0 Å². The summed E-state index contributed by atoms with van der Waals surface area (Å²) in [6.45, 7) is 2.88. The van der Waals surface area contributed by atoms with Gasteiger partial charge in [-0.05, 0) is 18.8 Å². The van der Waals surface area contributed by atoms with Crippen molar-refractivity contribution in [2.75, 3.05) is 18.8 Å². The van der Waals surface area contributed by atoms with Gasteiger partial charge in [-0.3, -0.25) is 0 Å². The number of hydrogen-bond donors (Lipinski definition) is 1. The van der Waals surface area contributed by atoms with Gasteiger partial charge in [-0.25, -0.2) is 18.4 Å². The van der Waals surface area contributed by atoms with Crippen LogP contribution in [0.5, 0.6) is 0 Å². The summed E-state index contributed by atoms with van der Waals surface area (Å²) in [6.07, 6.45) is 4.75. The van der Waals surface area contributed by atoms with E-state index in [9.17, 15) is 8.42 Å². The third kappa shape index (κ3) is 2.73. The number of hydrogen-bond acceptors (Lipinski definition) is 5. The molecule has 2 rings (SSSR count). The minimum Gasteiger partial charge on any atom is -0.368 e. The molecule has 94 valence electrons. The third-order valence-corrected chi connectivity index (χ3v) is 4.69. The van der Waals surface area contributed by atoms with Gasteiger partial charge >= 0.3 is 0 Å². The number of nitrogens with two attached hydrogens (primary N) is 1. The molecule has 1 saturated carbocycles. The minimum absolute atomic E-state index is 0.0780. The molecule has 0 atom stereocenters. The van der Waals surface area contributed by atoms with Crippen LogP contribution >= 0.6 is 0 Å². The molecule has 0 spiro atoms. The topological polar surface area (TPSA) is 89.2 Å². The lowest BCUT2D eigenvalue weighted by molar-refractivity contribution is 0.411. The molecular weight excluding hydrogens is 240 g/mol. The molecule has 1 aromatic heterocycles. The Hall–Kier alpha value is -1.21. The molecule has 0 aliphatic heterocycles. The highest BCUT2D eigenvalue weighted by molar-refractivity contribution is 7.89. The van der Waals surface area contributed by atoms with Gasteiger partial charge in [0, 0.05) is 13.1 Å². The summed E-state index contributed by atoms with van der Waals surface area (Å²) in [5.41, 5.74) is 5.34. The van der Waals surface area contributed by atoms with E-state index in [-0.39, 0.29) is 10.8 Å². The van der Waals surface area contributed by atoms with E-state index in [1.165, 1.54) is 16.7 Å². The van der Waals surface area contributed by atoms with Gasteiger partial charge in [-0.2, -0.15) is 4.31 Å². The van der Waals surface area contributed by atoms with E-state index in [0.29, 0.717) is 19.0 Å². The molecule has 0 radical (unpaired) electrons. The van der Waals surface area contributed by atoms with Crippen LogP contribution in [0.15, 0.2) is 17.3 Å². The average molecular weight is 256 g/mol. The Kier molecular flexibility index (Phi) is 3.30. The first-order valence-corrected chi connectivity index (χ1v) is 7.05. The first-order chi connectivity index (χ1) is 8.04. The van der Waals surface area contributed by atoms with Gasteiger partial charge < -0.3 is 5.73 Å². The second kappa shape index (κ2) is 4.58. The Bertz CT molecular complexity index is 482. The van der Waals surface area contributed by atoms with Gasteiger partial charge in [0.25, 0.3) is 0 Å². The van der Waals surface area contributed by atoms with Crippen molar-refractivity contribution >= 4 is 16.0 Å². The molecule has 1 heterocycles. The second-order valence-electron chi connectivity index (χ2n) is 4.18. The van der Waals surface area contributed by atoms with E-state index in [0.717, 1.165) is 12.8 Å². The number of anilines is 1. The Balaban J connectivity index is 2.23. The van der Waals surface area contributed by atoms with Crippen molar-refractivity contribution in [2.45, 2.75) is 24.7 Å². The summed E-state index contributed by atoms with van der Waals surface area (Å²) in [6, 6.07) is 0. The van der Waals surface area contributed by atoms with Crippen molar-refractivity contribution in [1.82, 2.24) is 14.3 Å². The monoisotopic (exact) mass is 256 g/mol. The maximum atomic E-state index is 12.2. The Morgan fingerprint density at radius 2 is 2.00 bits per heavy atom. The molecule has 1 aliphatic rings. The lowest BCUT2D eigenvalue weighted by Crippen LogP contribution is -2.33. The molecule has 6 nitrogen and oxygen atoms in total. The first-order valence-electron chi connectivity index (χ1n) is 5.61. The average Bonchev–Trinajstić information content (AvgIpc) is 3.10. The van der Waals surface area contributed by atoms with Crippen molar-refractivity contribution < 1.29 is 8.42 Å². The fraction of sp³-hybridized carbons (Fsp3) is 0.600. The number of nitrogens with zero attached hydrogens (tertiary/aromatic N) is 3. The second-order valence-corrected chi connectivity index (χ2v) is 6.11. The Labute approximate surface area is 101 Å². The molecule has 2 N–H and O–H groups in total. The highest BCUT2D eigenvalue weighted by Crippen LogP contribution is 2.31. The molecule has 0 bridgehead atoms. The normalized spacial score (nSPS) is 16.4. The molecule has 17 heavy (non-hydrogen) atoms. The predicted octanol–water partition coefficient (Wildman–Crippen LogP) is 0.479. The Morgan fingerprint density at radius 1 is 1.41 bits per heavy atom. The highest BCUT2D eigenvalue weighted by atomic mass is 32.2. The molecular formula is C10H16N4O2S. The van der Waals surface area contributed by atoms with E-state index in [2.05, 4.69) is 9.97 Å². The predicted molar refractivity (Wildman–Crippen MR) is 63.6 cm³/mol. The summed E-state index contributed by atoms with van der Waals surface area (Å²) in [5.74, 6) is 0.591. The van der Waals surface area contributed by atoms with Crippen LogP contribution < -0.4 is 5.73 Å². The summed E-state index contributed by atoms with van der Waals surface area (Å²) < 4.78 is 26.0. The molecule has 0 unspecified atom stereocenters. The number of aromatic nitrogens is 2. The lowest BCUT2D eigenvalue weighted by atomic mass is 10.4. The maximum Gasteiger partial charge on any atom is 0.246 e. The molecule has 1 fully saturated rings. The van der Waals surface area contributed by atoms with Crippen LogP contribution in [-0.4, -0.2) is 35.8 Å². The molecule has 7 heteroatoms. The van der Waals surface area contributed by atoms with Crippen molar-refractivity contribution in [3.63, 3.8) is 0 Å². The van der Waals surface area contributed by atoms with Crippen LogP contribution in [0.3, 0.4) is 0 Å². The fourth-order valence-electron chi connectivity index (χ4n) is 1.59. The molecule has 0 amide bonds. The molecule has 0 aromatic carbocycles. The highest BCUT2D eigenvalue weighted by Gasteiger charge is 2.30. The van der Waals surface area contributed by atoms with E-state index in [4.69, 9.17) is 5.73 Å². The molecule has 0 saturated heterocycles. The van der Waals surface area contributed by atoms with Crippen LogP contribution in [0.25, 0.3) is 0 Å². The van der Waals surface area contributed by atoms with Gasteiger partial charge in [0.05, 0.1) is 12.4 Å². The zero-order valence-corrected chi connectivity index (χ0v) is 10.5. The number of rotatable bonds is 5. The standard InChI is InChI=1S/C10H16N4O2S/c1-2-14(7-8-3-4-8)17(15,16)9-5-12-10(11)13-6-9/h5-6,8H,2-4,7H2,1H3,(H2,11,12,13). The van der Waals surface area contributed by atoms with Crippen molar-refractivity contribution in [1.29, 1.82) is 0 Å². The Morgan fingerprint density at radius 3 is 2.47 bits per heavy atom. The van der Waals surface area contributed by atoms with Crippen LogP contribution in [0.1, 0.15) is 19.8 Å². The molecule has 1 aliphatic carbocycles. The summed E-state index contributed by atoms with van der Waals surface area (Å²) >= 11 is 0. The SMILES string of the molecule is CCN(CC1CC1)S(=O)(=O)c1cnc(N)nc1. The fourth-order valence-corrected chi connectivity index (χ4v) is 3.01. The number of nitrogen functional groups attached to an aromatic ring is 1. The van der Waals surface area contributed by atoms with E-state index < -0.39 is 10.0 Å². The van der Waals surface area contributed by atoms with Gasteiger partial charge in [0.2, 0.25) is 16.0 Å². The van der Waals surface area contributed by atoms with Gasteiger partial charge in [0.1, 0.15) is 4.90 Å². The van der Waals surface area contributed by atoms with E-state index in [1.54, 1.807) is 0 Å². The van der Waals surface area contributed by atoms with E-state index >= 15 is 0 Å². The summed E-state index contributed by atoms with van der Waals surface area (Å²) in [5, 5.41) is 0. The van der Waals surface area contributed by atoms with Crippen LogP contribution in [0.4, 0.5) is 5.95 Å². The zero-order valence-electron chi connectivity index (χ0n) is 9.70. The van der Waals surface area contributed by atoms with Gasteiger partial charge in [0.15, 0.2) is 0 Å². The largest absolute Gasteiger partial charge is 0.368 e. The van der Waals surface area contributed by atoms with Crippen molar-refractivity contribution in [3.05, 3.63) is 12.4 Å². The maximum absolute atomic E-state index is 12.2. The summed E-state index contributed by atoms with van der Waals surface area (Å²) in [4.78, 5) is 7.54. The molecule has 1 aromatic rings. The first kappa shape index (κ1) is 12.3. The lowest BCUT2D eigenvalue weighted by Gasteiger charge is -2.19. The number of sulfonamides is 1. The van der Waals surface area contributed by atoms with Crippen LogP contribution in [0.2, 0.25) is 0 Å². The smallest absolute Gasteiger partial charge is 0.246 e. The van der Waals surface area contributed by atoms with Crippen LogP contribution in [0, 0.1) is 5.92 Å². The van der Waals surface area contributed by atoms with Gasteiger partial charge in [-0.15, -0.1) is 0 Å². The zero-order chi connectivity index (χ0) is 12.5. The van der Waals surface area contributed by atoms with Crippen molar-refractivity contribution in [3.8, 4) is 0 Å². The third-order valence-electron chi connectivity index (χ3n) is 2.80. The van der Waals surface area contributed by atoms with E-state index in [1.807, 2.05) is 6.92 Å². The minimum atomic E-state index is -3.47. The quantitative estimate of drug-likeness (QED) is 0.827. The van der Waals surface area contributed by atoms with Crippen molar-refractivity contribution in [2.24, 2.45) is 5.92 Å².